The third kappa shape index (κ3) is 5.78. The van der Waals surface area contributed by atoms with Gasteiger partial charge in [-0.15, -0.1) is 0 Å². The summed E-state index contributed by atoms with van der Waals surface area (Å²) < 4.78 is 30.4. The van der Waals surface area contributed by atoms with Gasteiger partial charge in [-0.2, -0.15) is 0 Å². The molecule has 1 aliphatic heterocycles. The molecule has 0 spiro atoms. The summed E-state index contributed by atoms with van der Waals surface area (Å²) in [5, 5.41) is 16.1. The van der Waals surface area contributed by atoms with Gasteiger partial charge in [0.2, 0.25) is 21.8 Å². The molecule has 1 saturated heterocycles. The molecule has 1 fully saturated rings. The minimum absolute atomic E-state index is 0.0902. The molecule has 29 heavy (non-hydrogen) atoms. The van der Waals surface area contributed by atoms with E-state index in [4.69, 9.17) is 4.52 Å². The van der Waals surface area contributed by atoms with Gasteiger partial charge in [-0.05, 0) is 39.7 Å². The molecular weight excluding hydrogens is 396 g/mol. The summed E-state index contributed by atoms with van der Waals surface area (Å²) in [6, 6.07) is 1.62. The Bertz CT molecular complexity index is 818. The van der Waals surface area contributed by atoms with Gasteiger partial charge in [-0.25, -0.2) is 12.7 Å². The quantitative estimate of drug-likeness (QED) is 0.638. The van der Waals surface area contributed by atoms with Crippen molar-refractivity contribution < 1.29 is 22.8 Å². The first-order valence-corrected chi connectivity index (χ1v) is 11.7. The number of hydrogen-bond acceptors (Lipinski definition) is 7. The maximum atomic E-state index is 12.9. The van der Waals surface area contributed by atoms with E-state index < -0.39 is 21.0 Å². The average molecular weight is 431 g/mol. The minimum Gasteiger partial charge on any atom is -0.395 e. The van der Waals surface area contributed by atoms with Gasteiger partial charge in [-0.1, -0.05) is 19.0 Å². The first-order chi connectivity index (χ1) is 13.3. The first-order valence-electron chi connectivity index (χ1n) is 9.83. The van der Waals surface area contributed by atoms with E-state index in [-0.39, 0.29) is 24.3 Å². The average Bonchev–Trinajstić information content (AvgIpc) is 3.10. The Kier molecular flexibility index (Phi) is 7.14. The molecule has 0 saturated carbocycles. The molecule has 1 amide bonds. The van der Waals surface area contributed by atoms with E-state index in [0.717, 1.165) is 12.8 Å². The Labute approximate surface area is 173 Å². The summed E-state index contributed by atoms with van der Waals surface area (Å²) in [5.41, 5.74) is -0.845. The van der Waals surface area contributed by atoms with Crippen LogP contribution in [0.4, 0.5) is 5.88 Å². The number of rotatable bonds is 8. The van der Waals surface area contributed by atoms with Gasteiger partial charge in [0.15, 0.2) is 0 Å². The zero-order chi connectivity index (χ0) is 22.0. The second-order valence-corrected chi connectivity index (χ2v) is 11.1. The van der Waals surface area contributed by atoms with Gasteiger partial charge in [0, 0.05) is 31.1 Å². The van der Waals surface area contributed by atoms with Crippen LogP contribution in [0.15, 0.2) is 10.6 Å². The van der Waals surface area contributed by atoms with E-state index in [0.29, 0.717) is 25.3 Å². The fourth-order valence-electron chi connectivity index (χ4n) is 3.26. The van der Waals surface area contributed by atoms with Crippen LogP contribution in [0, 0.1) is 5.92 Å². The van der Waals surface area contributed by atoms with Gasteiger partial charge in [0.25, 0.3) is 0 Å². The lowest BCUT2D eigenvalue weighted by molar-refractivity contribution is -0.126. The molecule has 9 nitrogen and oxygen atoms in total. The number of anilines is 1. The molecule has 0 radical (unpaired) electrons. The highest BCUT2D eigenvalue weighted by atomic mass is 32.2. The standard InChI is InChI=1S/C19H34N4O5S/c1-18(2,13-24)15-10-16(28-21-15)20-17(25)19(3,4)22(5)11-14-8-7-9-23(12-14)29(6,26)27/h10,14,24H,7-9,11-13H2,1-6H3,(H,20,25)/t14-/m1/s1. The van der Waals surface area contributed by atoms with Crippen molar-refractivity contribution in [1.82, 2.24) is 14.4 Å². The van der Waals surface area contributed by atoms with Gasteiger partial charge in [0.05, 0.1) is 24.1 Å². The van der Waals surface area contributed by atoms with E-state index in [1.165, 1.54) is 10.6 Å². The third-order valence-corrected chi connectivity index (χ3v) is 7.10. The molecule has 166 valence electrons. The molecule has 10 heteroatoms. The Morgan fingerprint density at radius 1 is 1.41 bits per heavy atom. The molecule has 0 aliphatic carbocycles. The molecule has 0 aromatic carbocycles. The molecular formula is C19H34N4O5S. The molecule has 0 bridgehead atoms. The lowest BCUT2D eigenvalue weighted by Gasteiger charge is -2.39. The van der Waals surface area contributed by atoms with Crippen molar-refractivity contribution in [3.8, 4) is 0 Å². The molecule has 1 aromatic rings. The highest BCUT2D eigenvalue weighted by Crippen LogP contribution is 2.26. The summed E-state index contributed by atoms with van der Waals surface area (Å²) in [6.07, 6.45) is 2.98. The molecule has 1 aliphatic rings. The monoisotopic (exact) mass is 430 g/mol. The van der Waals surface area contributed by atoms with E-state index in [1.54, 1.807) is 6.07 Å². The molecule has 2 N–H and O–H groups in total. The lowest BCUT2D eigenvalue weighted by Crippen LogP contribution is -2.53. The van der Waals surface area contributed by atoms with Crippen molar-refractivity contribution in [3.05, 3.63) is 11.8 Å². The second kappa shape index (κ2) is 8.71. The normalized spacial score (nSPS) is 19.5. The minimum atomic E-state index is -3.20. The van der Waals surface area contributed by atoms with Crippen LogP contribution < -0.4 is 5.32 Å². The number of carbonyl (C=O) groups is 1. The summed E-state index contributed by atoms with van der Waals surface area (Å²) in [7, 11) is -1.34. The van der Waals surface area contributed by atoms with Crippen LogP contribution in [0.5, 0.6) is 0 Å². The highest BCUT2D eigenvalue weighted by molar-refractivity contribution is 7.88. The molecule has 1 atom stereocenters. The van der Waals surface area contributed by atoms with Crippen LogP contribution in [-0.2, 0) is 20.2 Å². The summed E-state index contributed by atoms with van der Waals surface area (Å²) in [4.78, 5) is 14.8. The number of nitrogens with one attached hydrogen (secondary N) is 1. The van der Waals surface area contributed by atoms with Crippen LogP contribution in [0.25, 0.3) is 0 Å². The highest BCUT2D eigenvalue weighted by Gasteiger charge is 2.36. The van der Waals surface area contributed by atoms with Crippen molar-refractivity contribution in [3.63, 3.8) is 0 Å². The zero-order valence-electron chi connectivity index (χ0n) is 18.2. The summed E-state index contributed by atoms with van der Waals surface area (Å²) in [5.74, 6) is 0.145. The number of likely N-dealkylation sites (N-methyl/N-ethyl adjacent to an activating group) is 1. The third-order valence-electron chi connectivity index (χ3n) is 5.83. The first kappa shape index (κ1) is 23.8. The number of amides is 1. The number of aliphatic hydroxyl groups excluding tert-OH is 1. The second-order valence-electron chi connectivity index (χ2n) is 9.14. The van der Waals surface area contributed by atoms with Crippen LogP contribution in [0.2, 0.25) is 0 Å². The number of aliphatic hydroxyl groups is 1. The number of carbonyl (C=O) groups excluding carboxylic acids is 1. The smallest absolute Gasteiger partial charge is 0.246 e. The van der Waals surface area contributed by atoms with Gasteiger partial charge < -0.3 is 9.63 Å². The number of sulfonamides is 1. The predicted octanol–water partition coefficient (Wildman–Crippen LogP) is 1.27. The molecule has 0 unspecified atom stereocenters. The van der Waals surface area contributed by atoms with E-state index in [2.05, 4.69) is 10.5 Å². The fraction of sp³-hybridized carbons (Fsp3) is 0.789. The summed E-state index contributed by atoms with van der Waals surface area (Å²) in [6.45, 7) is 8.83. The summed E-state index contributed by atoms with van der Waals surface area (Å²) >= 11 is 0. The topological polar surface area (TPSA) is 116 Å². The van der Waals surface area contributed by atoms with Gasteiger partial charge in [0.1, 0.15) is 0 Å². The maximum absolute atomic E-state index is 12.9. The Morgan fingerprint density at radius 3 is 2.66 bits per heavy atom. The molecule has 2 heterocycles. The number of aromatic nitrogens is 1. The maximum Gasteiger partial charge on any atom is 0.246 e. The fourth-order valence-corrected chi connectivity index (χ4v) is 4.21. The van der Waals surface area contributed by atoms with Crippen LogP contribution >= 0.6 is 0 Å². The van der Waals surface area contributed by atoms with Crippen molar-refractivity contribution in [1.29, 1.82) is 0 Å². The Balaban J connectivity index is 2.01. The van der Waals surface area contributed by atoms with E-state index in [9.17, 15) is 18.3 Å². The molecule has 2 rings (SSSR count). The molecule has 1 aromatic heterocycles. The van der Waals surface area contributed by atoms with Crippen molar-refractivity contribution in [2.45, 2.75) is 51.5 Å². The SMILES string of the molecule is CN(C[C@H]1CCCN(S(C)(=O)=O)C1)C(C)(C)C(=O)Nc1cc(C(C)(C)CO)no1. The van der Waals surface area contributed by atoms with Gasteiger partial charge in [-0.3, -0.25) is 15.0 Å². The number of piperidine rings is 1. The lowest BCUT2D eigenvalue weighted by atomic mass is 9.91. The zero-order valence-corrected chi connectivity index (χ0v) is 19.0. The van der Waals surface area contributed by atoms with Crippen LogP contribution in [-0.4, -0.2) is 78.9 Å². The Hall–Kier alpha value is -1.49. The number of nitrogens with zero attached hydrogens (tertiary/aromatic N) is 3. The number of hydrogen-bond donors (Lipinski definition) is 2. The van der Waals surface area contributed by atoms with Crippen molar-refractivity contribution in [2.75, 3.05) is 44.9 Å². The van der Waals surface area contributed by atoms with E-state index in [1.807, 2.05) is 39.6 Å². The van der Waals surface area contributed by atoms with Crippen LogP contribution in [0.1, 0.15) is 46.2 Å². The van der Waals surface area contributed by atoms with Gasteiger partial charge >= 0.3 is 0 Å². The van der Waals surface area contributed by atoms with Crippen LogP contribution in [0.3, 0.4) is 0 Å². The largest absolute Gasteiger partial charge is 0.395 e. The van der Waals surface area contributed by atoms with Crippen molar-refractivity contribution in [2.24, 2.45) is 5.92 Å². The van der Waals surface area contributed by atoms with Crippen molar-refractivity contribution >= 4 is 21.8 Å². The van der Waals surface area contributed by atoms with E-state index >= 15 is 0 Å². The Morgan fingerprint density at radius 2 is 2.07 bits per heavy atom. The predicted molar refractivity (Wildman–Crippen MR) is 111 cm³/mol.